The van der Waals surface area contributed by atoms with Crippen LogP contribution < -0.4 is 19.5 Å². The lowest BCUT2D eigenvalue weighted by Crippen LogP contribution is -2.60. The molecule has 0 unspecified atom stereocenters. The number of hydrogen-bond acceptors (Lipinski definition) is 14. The van der Waals surface area contributed by atoms with Gasteiger partial charge in [0.2, 0.25) is 18.5 Å². The van der Waals surface area contributed by atoms with E-state index in [4.69, 9.17) is 23.7 Å². The lowest BCUT2D eigenvalue weighted by atomic mass is 9.99. The standard InChI is InChI=1S/C30H39NO14/c1-41-19-12-16(4-8-18(19)43-30-28(40)26(38)24(36)21(14-33)45-30)5-9-22(34)31-11-10-15-2-6-17(7-3-15)42-29-27(39)25(37)23(35)20(13-32)44-29/h2-9,12,20-21,23-30,32-33,35-40H,10-11,13-14H2,1H3,(H,31,34)/b9-5+/t20-,21-,23-,24-,25+,26+,27-,28-,29-,30-/m1/s1. The SMILES string of the molecule is COc1cc(/C=C/C(=O)NCCc2ccc(O[C@@H]3O[C@H](CO)[C@@H](O)[C@H](O)[C@H]3O)cc2)ccc1O[C@@H]1O[C@H](CO)[C@@H](O)[C@H](O)[C@H]1O. The first-order valence-corrected chi connectivity index (χ1v) is 14.2. The Morgan fingerprint density at radius 3 is 1.91 bits per heavy atom. The lowest BCUT2D eigenvalue weighted by molar-refractivity contribution is -0.277. The maximum Gasteiger partial charge on any atom is 0.244 e. The van der Waals surface area contributed by atoms with Crippen molar-refractivity contribution in [1.29, 1.82) is 0 Å². The largest absolute Gasteiger partial charge is 0.493 e. The first-order valence-electron chi connectivity index (χ1n) is 14.2. The maximum atomic E-state index is 12.4. The van der Waals surface area contributed by atoms with E-state index < -0.39 is 74.6 Å². The smallest absolute Gasteiger partial charge is 0.244 e. The molecule has 45 heavy (non-hydrogen) atoms. The molecule has 9 N–H and O–H groups in total. The van der Waals surface area contributed by atoms with Crippen molar-refractivity contribution in [2.75, 3.05) is 26.9 Å². The molecule has 2 aromatic carbocycles. The molecular formula is C30H39NO14. The van der Waals surface area contributed by atoms with Gasteiger partial charge in [0.15, 0.2) is 11.5 Å². The van der Waals surface area contributed by atoms with Crippen molar-refractivity contribution in [3.63, 3.8) is 0 Å². The molecule has 0 aromatic heterocycles. The second-order valence-electron chi connectivity index (χ2n) is 10.6. The highest BCUT2D eigenvalue weighted by Gasteiger charge is 2.46. The molecule has 2 saturated heterocycles. The molecule has 0 bridgehead atoms. The molecule has 2 aromatic rings. The third-order valence-corrected chi connectivity index (χ3v) is 7.44. The Hall–Kier alpha value is -3.35. The predicted octanol–water partition coefficient (Wildman–Crippen LogP) is -2.58. The van der Waals surface area contributed by atoms with E-state index in [9.17, 15) is 45.6 Å². The van der Waals surface area contributed by atoms with Crippen LogP contribution in [0.4, 0.5) is 0 Å². The van der Waals surface area contributed by atoms with Crippen molar-refractivity contribution in [2.24, 2.45) is 0 Å². The number of nitrogens with one attached hydrogen (secondary N) is 1. The molecule has 4 rings (SSSR count). The summed E-state index contributed by atoms with van der Waals surface area (Å²) in [5.74, 6) is 0.384. The van der Waals surface area contributed by atoms with Crippen molar-refractivity contribution >= 4 is 12.0 Å². The van der Waals surface area contributed by atoms with Crippen LogP contribution >= 0.6 is 0 Å². The summed E-state index contributed by atoms with van der Waals surface area (Å²) in [4.78, 5) is 12.4. The summed E-state index contributed by atoms with van der Waals surface area (Å²) in [6.45, 7) is -0.830. The van der Waals surface area contributed by atoms with Crippen molar-refractivity contribution in [1.82, 2.24) is 5.32 Å². The monoisotopic (exact) mass is 637 g/mol. The van der Waals surface area contributed by atoms with E-state index in [0.29, 0.717) is 24.3 Å². The molecular weight excluding hydrogens is 598 g/mol. The van der Waals surface area contributed by atoms with Crippen LogP contribution in [-0.4, -0.2) is 135 Å². The Balaban J connectivity index is 1.25. The zero-order valence-corrected chi connectivity index (χ0v) is 24.3. The first-order chi connectivity index (χ1) is 21.6. The van der Waals surface area contributed by atoms with Crippen molar-refractivity contribution in [2.45, 2.75) is 67.8 Å². The minimum atomic E-state index is -1.59. The van der Waals surface area contributed by atoms with E-state index in [2.05, 4.69) is 5.32 Å². The van der Waals surface area contributed by atoms with Crippen LogP contribution in [0.5, 0.6) is 17.2 Å². The summed E-state index contributed by atoms with van der Waals surface area (Å²) < 4.78 is 27.3. The van der Waals surface area contributed by atoms with Gasteiger partial charge in [0.25, 0.3) is 0 Å². The number of aliphatic hydroxyl groups excluding tert-OH is 8. The third-order valence-electron chi connectivity index (χ3n) is 7.44. The number of ether oxygens (including phenoxy) is 5. The molecule has 2 fully saturated rings. The zero-order valence-electron chi connectivity index (χ0n) is 24.3. The first kappa shape index (κ1) is 34.5. The second-order valence-corrected chi connectivity index (χ2v) is 10.6. The maximum absolute atomic E-state index is 12.4. The van der Waals surface area contributed by atoms with Crippen molar-refractivity contribution in [3.8, 4) is 17.2 Å². The summed E-state index contributed by atoms with van der Waals surface area (Å²) in [5.41, 5.74) is 1.47. The molecule has 0 radical (unpaired) electrons. The highest BCUT2D eigenvalue weighted by Crippen LogP contribution is 2.32. The molecule has 0 spiro atoms. The van der Waals surface area contributed by atoms with E-state index in [0.717, 1.165) is 5.56 Å². The minimum Gasteiger partial charge on any atom is -0.493 e. The van der Waals surface area contributed by atoms with Gasteiger partial charge in [0.05, 0.1) is 20.3 Å². The third kappa shape index (κ3) is 8.47. The molecule has 1 amide bonds. The van der Waals surface area contributed by atoms with Crippen LogP contribution in [0.3, 0.4) is 0 Å². The van der Waals surface area contributed by atoms with Gasteiger partial charge < -0.3 is 69.9 Å². The number of carbonyl (C=O) groups is 1. The highest BCUT2D eigenvalue weighted by atomic mass is 16.7. The number of methoxy groups -OCH3 is 1. The molecule has 0 saturated carbocycles. The Bertz CT molecular complexity index is 1270. The lowest BCUT2D eigenvalue weighted by Gasteiger charge is -2.39. The second kappa shape index (κ2) is 15.8. The minimum absolute atomic E-state index is 0.160. The number of amides is 1. The number of rotatable bonds is 12. The number of aliphatic hydroxyl groups is 8. The topological polar surface area (TPSA) is 237 Å². The van der Waals surface area contributed by atoms with Crippen LogP contribution in [-0.2, 0) is 20.7 Å². The summed E-state index contributed by atoms with van der Waals surface area (Å²) in [6.07, 6.45) is -10.7. The van der Waals surface area contributed by atoms with Crippen molar-refractivity contribution in [3.05, 3.63) is 59.7 Å². The predicted molar refractivity (Wildman–Crippen MR) is 154 cm³/mol. The molecule has 2 heterocycles. The quantitative estimate of drug-likeness (QED) is 0.109. The number of carbonyl (C=O) groups excluding carboxylic acids is 1. The molecule has 2 aliphatic rings. The fourth-order valence-electron chi connectivity index (χ4n) is 4.77. The molecule has 0 aliphatic carbocycles. The average molecular weight is 638 g/mol. The van der Waals surface area contributed by atoms with Crippen molar-refractivity contribution < 1.29 is 69.3 Å². The Morgan fingerprint density at radius 2 is 1.36 bits per heavy atom. The van der Waals surface area contributed by atoms with Gasteiger partial charge in [-0.25, -0.2) is 0 Å². The Morgan fingerprint density at radius 1 is 0.778 bits per heavy atom. The normalized spacial score (nSPS) is 31.8. The number of hydrogen-bond donors (Lipinski definition) is 9. The molecule has 248 valence electrons. The van der Waals surface area contributed by atoms with Gasteiger partial charge in [0.1, 0.15) is 54.6 Å². The summed E-state index contributed by atoms with van der Waals surface area (Å²) in [6, 6.07) is 11.5. The molecule has 15 heteroatoms. The fourth-order valence-corrected chi connectivity index (χ4v) is 4.77. The summed E-state index contributed by atoms with van der Waals surface area (Å²) >= 11 is 0. The van der Waals surface area contributed by atoms with Gasteiger partial charge in [-0.05, 0) is 47.9 Å². The van der Waals surface area contributed by atoms with Crippen LogP contribution in [0.15, 0.2) is 48.5 Å². The van der Waals surface area contributed by atoms with E-state index in [1.807, 2.05) is 0 Å². The summed E-state index contributed by atoms with van der Waals surface area (Å²) in [7, 11) is 1.39. The van der Waals surface area contributed by atoms with Gasteiger partial charge in [-0.2, -0.15) is 0 Å². The van der Waals surface area contributed by atoms with E-state index in [1.165, 1.54) is 19.3 Å². The van der Waals surface area contributed by atoms with Gasteiger partial charge in [0, 0.05) is 12.6 Å². The van der Waals surface area contributed by atoms with Gasteiger partial charge >= 0.3 is 0 Å². The fraction of sp³-hybridized carbons (Fsp3) is 0.500. The van der Waals surface area contributed by atoms with Gasteiger partial charge in [-0.1, -0.05) is 18.2 Å². The van der Waals surface area contributed by atoms with E-state index in [1.54, 1.807) is 42.5 Å². The van der Waals surface area contributed by atoms with Gasteiger partial charge in [-0.3, -0.25) is 4.79 Å². The zero-order chi connectivity index (χ0) is 32.7. The Kier molecular flexibility index (Phi) is 12.1. The van der Waals surface area contributed by atoms with Crippen LogP contribution in [0.25, 0.3) is 6.08 Å². The van der Waals surface area contributed by atoms with E-state index >= 15 is 0 Å². The van der Waals surface area contributed by atoms with E-state index in [-0.39, 0.29) is 17.4 Å². The van der Waals surface area contributed by atoms with Crippen LogP contribution in [0.1, 0.15) is 11.1 Å². The average Bonchev–Trinajstić information content (AvgIpc) is 3.05. The highest BCUT2D eigenvalue weighted by molar-refractivity contribution is 5.91. The Labute approximate surface area is 258 Å². The van der Waals surface area contributed by atoms with Crippen LogP contribution in [0, 0.1) is 0 Å². The van der Waals surface area contributed by atoms with Gasteiger partial charge in [-0.15, -0.1) is 0 Å². The molecule has 10 atom stereocenters. The number of benzene rings is 2. The molecule has 2 aliphatic heterocycles. The van der Waals surface area contributed by atoms with Crippen LogP contribution in [0.2, 0.25) is 0 Å². The summed E-state index contributed by atoms with van der Waals surface area (Å²) in [5, 5.41) is 81.5. The molecule has 15 nitrogen and oxygen atoms in total.